The lowest BCUT2D eigenvalue weighted by Gasteiger charge is -2.15. The van der Waals surface area contributed by atoms with Crippen molar-refractivity contribution >= 4 is 33.2 Å². The standard InChI is InChI=1S/C15H15BrClNO3/c16-10-5-6-12(17)15(7-10)21-9-11(19)8-20-14-4-2-1-3-13(14)18/h1-7,11,19H,8-9,18H2. The molecule has 2 aromatic rings. The van der Waals surface area contributed by atoms with Gasteiger partial charge >= 0.3 is 0 Å². The second-order valence-electron chi connectivity index (χ2n) is 4.39. The number of ether oxygens (including phenoxy) is 2. The summed E-state index contributed by atoms with van der Waals surface area (Å²) in [7, 11) is 0. The first-order valence-electron chi connectivity index (χ1n) is 6.29. The predicted molar refractivity (Wildman–Crippen MR) is 87.0 cm³/mol. The van der Waals surface area contributed by atoms with E-state index in [2.05, 4.69) is 15.9 Å². The molecule has 0 spiro atoms. The van der Waals surface area contributed by atoms with Gasteiger partial charge in [0.2, 0.25) is 0 Å². The van der Waals surface area contributed by atoms with Crippen LogP contribution in [0.3, 0.4) is 0 Å². The van der Waals surface area contributed by atoms with E-state index in [0.717, 1.165) is 4.47 Å². The van der Waals surface area contributed by atoms with Gasteiger partial charge in [0.25, 0.3) is 0 Å². The van der Waals surface area contributed by atoms with Crippen molar-refractivity contribution in [3.05, 3.63) is 52.0 Å². The zero-order valence-corrected chi connectivity index (χ0v) is 13.5. The highest BCUT2D eigenvalue weighted by Crippen LogP contribution is 2.28. The molecule has 0 radical (unpaired) electrons. The van der Waals surface area contributed by atoms with Gasteiger partial charge in [-0.2, -0.15) is 0 Å². The molecule has 4 nitrogen and oxygen atoms in total. The van der Waals surface area contributed by atoms with Gasteiger partial charge in [0.1, 0.15) is 30.8 Å². The van der Waals surface area contributed by atoms with E-state index >= 15 is 0 Å². The summed E-state index contributed by atoms with van der Waals surface area (Å²) in [6.45, 7) is 0.156. The number of halogens is 2. The van der Waals surface area contributed by atoms with Gasteiger partial charge in [-0.25, -0.2) is 0 Å². The molecular weight excluding hydrogens is 358 g/mol. The molecule has 0 saturated heterocycles. The Morgan fingerprint density at radius 3 is 2.48 bits per heavy atom. The summed E-state index contributed by atoms with van der Waals surface area (Å²) >= 11 is 9.33. The molecule has 112 valence electrons. The summed E-state index contributed by atoms with van der Waals surface area (Å²) < 4.78 is 11.8. The first-order valence-corrected chi connectivity index (χ1v) is 7.46. The zero-order valence-electron chi connectivity index (χ0n) is 11.1. The Labute approximate surface area is 136 Å². The fraction of sp³-hybridized carbons (Fsp3) is 0.200. The van der Waals surface area contributed by atoms with Gasteiger partial charge in [-0.05, 0) is 30.3 Å². The number of rotatable bonds is 6. The Morgan fingerprint density at radius 2 is 1.76 bits per heavy atom. The van der Waals surface area contributed by atoms with Crippen LogP contribution in [0, 0.1) is 0 Å². The number of aliphatic hydroxyl groups excluding tert-OH is 1. The fourth-order valence-electron chi connectivity index (χ4n) is 1.62. The van der Waals surface area contributed by atoms with Crippen molar-refractivity contribution in [2.75, 3.05) is 18.9 Å². The second kappa shape index (κ2) is 7.54. The molecule has 0 amide bonds. The SMILES string of the molecule is Nc1ccccc1OCC(O)COc1cc(Br)ccc1Cl. The third-order valence-corrected chi connectivity index (χ3v) is 3.48. The molecule has 1 atom stereocenters. The van der Waals surface area contributed by atoms with Crippen LogP contribution in [0.1, 0.15) is 0 Å². The van der Waals surface area contributed by atoms with E-state index < -0.39 is 6.10 Å². The smallest absolute Gasteiger partial charge is 0.142 e. The Kier molecular flexibility index (Phi) is 5.73. The zero-order chi connectivity index (χ0) is 15.2. The van der Waals surface area contributed by atoms with E-state index in [0.29, 0.717) is 22.2 Å². The van der Waals surface area contributed by atoms with E-state index in [4.69, 9.17) is 26.8 Å². The van der Waals surface area contributed by atoms with Crippen molar-refractivity contribution in [2.24, 2.45) is 0 Å². The van der Waals surface area contributed by atoms with Crippen LogP contribution in [0.5, 0.6) is 11.5 Å². The van der Waals surface area contributed by atoms with Gasteiger partial charge in [-0.3, -0.25) is 0 Å². The fourth-order valence-corrected chi connectivity index (χ4v) is 2.13. The van der Waals surface area contributed by atoms with Crippen LogP contribution in [0.25, 0.3) is 0 Å². The minimum absolute atomic E-state index is 0.0723. The van der Waals surface area contributed by atoms with E-state index in [1.807, 2.05) is 18.2 Å². The number of nitrogens with two attached hydrogens (primary N) is 1. The Morgan fingerprint density at radius 1 is 1.10 bits per heavy atom. The molecule has 6 heteroatoms. The number of para-hydroxylation sites is 2. The molecule has 2 aromatic carbocycles. The van der Waals surface area contributed by atoms with Crippen LogP contribution in [-0.4, -0.2) is 24.4 Å². The third-order valence-electron chi connectivity index (χ3n) is 2.67. The summed E-state index contributed by atoms with van der Waals surface area (Å²) in [5, 5.41) is 10.4. The Balaban J connectivity index is 1.84. The molecule has 0 heterocycles. The molecule has 0 aromatic heterocycles. The highest BCUT2D eigenvalue weighted by Gasteiger charge is 2.10. The van der Waals surface area contributed by atoms with Crippen LogP contribution in [0.15, 0.2) is 46.9 Å². The molecular formula is C15H15BrClNO3. The molecule has 0 fully saturated rings. The number of hydrogen-bond acceptors (Lipinski definition) is 4. The quantitative estimate of drug-likeness (QED) is 0.762. The number of hydrogen-bond donors (Lipinski definition) is 2. The van der Waals surface area contributed by atoms with Crippen molar-refractivity contribution in [3.63, 3.8) is 0 Å². The minimum Gasteiger partial charge on any atom is -0.489 e. The normalized spacial score (nSPS) is 12.0. The van der Waals surface area contributed by atoms with Gasteiger partial charge in [0.05, 0.1) is 10.7 Å². The highest BCUT2D eigenvalue weighted by atomic mass is 79.9. The summed E-state index contributed by atoms with van der Waals surface area (Å²) in [4.78, 5) is 0. The molecule has 0 aliphatic carbocycles. The van der Waals surface area contributed by atoms with Crippen molar-refractivity contribution in [2.45, 2.75) is 6.10 Å². The molecule has 2 rings (SSSR count). The maximum atomic E-state index is 9.88. The van der Waals surface area contributed by atoms with Gasteiger partial charge in [0, 0.05) is 4.47 Å². The molecule has 0 aliphatic rings. The average Bonchev–Trinajstić information content (AvgIpc) is 2.47. The maximum Gasteiger partial charge on any atom is 0.142 e. The first kappa shape index (κ1) is 15.9. The van der Waals surface area contributed by atoms with Gasteiger partial charge in [-0.15, -0.1) is 0 Å². The van der Waals surface area contributed by atoms with Crippen molar-refractivity contribution in [1.82, 2.24) is 0 Å². The van der Waals surface area contributed by atoms with Crippen molar-refractivity contribution < 1.29 is 14.6 Å². The van der Waals surface area contributed by atoms with E-state index in [1.54, 1.807) is 24.3 Å². The second-order valence-corrected chi connectivity index (χ2v) is 5.71. The molecule has 0 bridgehead atoms. The number of benzene rings is 2. The number of anilines is 1. The molecule has 0 saturated carbocycles. The monoisotopic (exact) mass is 371 g/mol. The largest absolute Gasteiger partial charge is 0.489 e. The van der Waals surface area contributed by atoms with Crippen LogP contribution in [-0.2, 0) is 0 Å². The lowest BCUT2D eigenvalue weighted by Crippen LogP contribution is -2.25. The highest BCUT2D eigenvalue weighted by molar-refractivity contribution is 9.10. The van der Waals surface area contributed by atoms with Crippen molar-refractivity contribution in [3.8, 4) is 11.5 Å². The predicted octanol–water partition coefficient (Wildman–Crippen LogP) is 3.50. The minimum atomic E-state index is -0.792. The first-order chi connectivity index (χ1) is 10.1. The average molecular weight is 373 g/mol. The summed E-state index contributed by atoms with van der Waals surface area (Å²) in [5.41, 5.74) is 6.28. The summed E-state index contributed by atoms with van der Waals surface area (Å²) in [6.07, 6.45) is -0.792. The Hall–Kier alpha value is -1.43. The van der Waals surface area contributed by atoms with Crippen LogP contribution in [0.2, 0.25) is 5.02 Å². The Bertz CT molecular complexity index is 609. The third kappa shape index (κ3) is 4.81. The van der Waals surface area contributed by atoms with Crippen molar-refractivity contribution in [1.29, 1.82) is 0 Å². The molecule has 0 aliphatic heterocycles. The molecule has 21 heavy (non-hydrogen) atoms. The van der Waals surface area contributed by atoms with E-state index in [1.165, 1.54) is 0 Å². The molecule has 1 unspecified atom stereocenters. The lowest BCUT2D eigenvalue weighted by molar-refractivity contribution is 0.0629. The van der Waals surface area contributed by atoms with E-state index in [9.17, 15) is 5.11 Å². The lowest BCUT2D eigenvalue weighted by atomic mass is 10.3. The van der Waals surface area contributed by atoms with Crippen LogP contribution < -0.4 is 15.2 Å². The van der Waals surface area contributed by atoms with Gasteiger partial charge < -0.3 is 20.3 Å². The van der Waals surface area contributed by atoms with Gasteiger partial charge in [0.15, 0.2) is 0 Å². The maximum absolute atomic E-state index is 9.88. The molecule has 3 N–H and O–H groups in total. The van der Waals surface area contributed by atoms with Gasteiger partial charge in [-0.1, -0.05) is 39.7 Å². The number of aliphatic hydroxyl groups is 1. The van der Waals surface area contributed by atoms with Crippen LogP contribution in [0.4, 0.5) is 5.69 Å². The topological polar surface area (TPSA) is 64.7 Å². The summed E-state index contributed by atoms with van der Waals surface area (Å²) in [6, 6.07) is 12.4. The number of nitrogen functional groups attached to an aromatic ring is 1. The van der Waals surface area contributed by atoms with E-state index in [-0.39, 0.29) is 13.2 Å². The van der Waals surface area contributed by atoms with Crippen LogP contribution >= 0.6 is 27.5 Å². The summed E-state index contributed by atoms with van der Waals surface area (Å²) in [5.74, 6) is 1.04.